The van der Waals surface area contributed by atoms with Crippen molar-refractivity contribution in [3.63, 3.8) is 0 Å². The molecule has 2 aliphatic rings. The van der Waals surface area contributed by atoms with Gasteiger partial charge in [-0.2, -0.15) is 0 Å². The summed E-state index contributed by atoms with van der Waals surface area (Å²) < 4.78 is 17.2. The Morgan fingerprint density at radius 3 is 2.77 bits per heavy atom. The van der Waals surface area contributed by atoms with Crippen LogP contribution < -0.4 is 10.3 Å². The monoisotopic (exact) mass is 428 g/mol. The molecule has 0 N–H and O–H groups in total. The number of hydrogen-bond acceptors (Lipinski definition) is 8. The molecule has 3 heterocycles. The lowest BCUT2D eigenvalue weighted by Crippen LogP contribution is -2.56. The van der Waals surface area contributed by atoms with Gasteiger partial charge in [0.2, 0.25) is 0 Å². The summed E-state index contributed by atoms with van der Waals surface area (Å²) in [7, 11) is 0. The van der Waals surface area contributed by atoms with E-state index in [4.69, 9.17) is 13.9 Å². The van der Waals surface area contributed by atoms with E-state index in [2.05, 4.69) is 0 Å². The number of nitrogens with zero attached hydrogens (tertiary/aromatic N) is 2. The number of carbonyl (C=O) groups excluding carboxylic acids is 2. The maximum Gasteiger partial charge on any atom is 0.331 e. The zero-order valence-corrected chi connectivity index (χ0v) is 17.8. The number of fused-ring (bicyclic) bond motifs is 1. The van der Waals surface area contributed by atoms with Crippen LogP contribution in [0.5, 0.6) is 0 Å². The maximum atomic E-state index is 13.4. The fourth-order valence-electron chi connectivity index (χ4n) is 4.70. The Morgan fingerprint density at radius 1 is 1.23 bits per heavy atom. The van der Waals surface area contributed by atoms with Crippen LogP contribution in [0.2, 0.25) is 0 Å². The van der Waals surface area contributed by atoms with Crippen LogP contribution in [0, 0.1) is 0 Å². The third kappa shape index (κ3) is 3.85. The van der Waals surface area contributed by atoms with Gasteiger partial charge in [0.15, 0.2) is 11.3 Å². The third-order valence-corrected chi connectivity index (χ3v) is 6.17. The molecule has 1 atom stereocenters. The lowest BCUT2D eigenvalue weighted by atomic mass is 9.79. The minimum atomic E-state index is -1.17. The van der Waals surface area contributed by atoms with Gasteiger partial charge in [-0.3, -0.25) is 9.69 Å². The van der Waals surface area contributed by atoms with Gasteiger partial charge < -0.3 is 23.6 Å². The van der Waals surface area contributed by atoms with Crippen molar-refractivity contribution in [3.8, 4) is 0 Å². The van der Waals surface area contributed by atoms with Gasteiger partial charge in [0.25, 0.3) is 0 Å². The number of hydrogen-bond donors (Lipinski definition) is 0. The number of aldehydes is 1. The molecule has 0 bridgehead atoms. The van der Waals surface area contributed by atoms with Crippen LogP contribution in [0.25, 0.3) is 11.0 Å². The van der Waals surface area contributed by atoms with Gasteiger partial charge in [-0.1, -0.05) is 12.1 Å². The summed E-state index contributed by atoms with van der Waals surface area (Å²) in [5, 5.41) is 0.412. The van der Waals surface area contributed by atoms with Gasteiger partial charge in [0.1, 0.15) is 17.4 Å². The quantitative estimate of drug-likeness (QED) is 0.510. The predicted octanol–water partition coefficient (Wildman–Crippen LogP) is 2.07. The Morgan fingerprint density at radius 2 is 2.03 bits per heavy atom. The summed E-state index contributed by atoms with van der Waals surface area (Å²) in [5.41, 5.74) is -0.380. The molecule has 0 saturated carbocycles. The summed E-state index contributed by atoms with van der Waals surface area (Å²) >= 11 is 0. The summed E-state index contributed by atoms with van der Waals surface area (Å²) in [6, 6.07) is 6.78. The largest absolute Gasteiger partial charge is 0.464 e. The first kappa shape index (κ1) is 21.5. The molecule has 8 nitrogen and oxygen atoms in total. The van der Waals surface area contributed by atoms with Crippen molar-refractivity contribution >= 4 is 29.1 Å². The van der Waals surface area contributed by atoms with Crippen molar-refractivity contribution in [1.29, 1.82) is 0 Å². The van der Waals surface area contributed by atoms with E-state index in [1.54, 1.807) is 19.1 Å². The van der Waals surface area contributed by atoms with Crippen molar-refractivity contribution in [2.24, 2.45) is 0 Å². The van der Waals surface area contributed by atoms with Crippen molar-refractivity contribution in [3.05, 3.63) is 40.1 Å². The Hall–Kier alpha value is -2.71. The minimum Gasteiger partial charge on any atom is -0.464 e. The molecule has 0 aliphatic carbocycles. The van der Waals surface area contributed by atoms with Crippen molar-refractivity contribution in [2.45, 2.75) is 31.7 Å². The molecule has 2 fully saturated rings. The van der Waals surface area contributed by atoms with E-state index in [-0.39, 0.29) is 18.6 Å². The molecule has 2 saturated heterocycles. The first-order valence-corrected chi connectivity index (χ1v) is 10.9. The molecular formula is C23H28N2O6. The number of rotatable bonds is 6. The van der Waals surface area contributed by atoms with Gasteiger partial charge in [0, 0.05) is 31.3 Å². The molecule has 2 aliphatic heterocycles. The number of piperidine rings is 1. The summed E-state index contributed by atoms with van der Waals surface area (Å²) in [6.45, 7) is 5.03. The van der Waals surface area contributed by atoms with Gasteiger partial charge >= 0.3 is 5.97 Å². The van der Waals surface area contributed by atoms with Crippen molar-refractivity contribution in [2.75, 3.05) is 50.9 Å². The number of benzene rings is 1. The Labute approximate surface area is 180 Å². The van der Waals surface area contributed by atoms with E-state index < -0.39 is 11.5 Å². The molecule has 0 radical (unpaired) electrons. The first-order valence-electron chi connectivity index (χ1n) is 10.9. The second kappa shape index (κ2) is 9.20. The molecule has 0 amide bonds. The van der Waals surface area contributed by atoms with E-state index in [9.17, 15) is 14.4 Å². The molecule has 1 aromatic carbocycles. The van der Waals surface area contributed by atoms with Crippen LogP contribution in [0.3, 0.4) is 0 Å². The van der Waals surface area contributed by atoms with Gasteiger partial charge in [-0.05, 0) is 32.3 Å². The number of anilines is 1. The standard InChI is InChI=1S/C23H28N2O6/c1-2-30-22(28)23(8-3-4-9-25(23)10-13-26)18-7-5-6-17-19(27)16-20(31-21(17)18)24-11-14-29-15-12-24/h5-7,13,16H,2-4,8-12,14-15H2,1H3. The average molecular weight is 428 g/mol. The zero-order chi connectivity index (χ0) is 21.8. The number of para-hydroxylation sites is 1. The Kier molecular flexibility index (Phi) is 6.38. The van der Waals surface area contributed by atoms with Crippen LogP contribution in [0.15, 0.2) is 33.5 Å². The van der Waals surface area contributed by atoms with Crippen LogP contribution in [0.1, 0.15) is 31.7 Å². The van der Waals surface area contributed by atoms with Gasteiger partial charge in [-0.15, -0.1) is 0 Å². The zero-order valence-electron chi connectivity index (χ0n) is 17.8. The van der Waals surface area contributed by atoms with Crippen LogP contribution in [-0.2, 0) is 24.6 Å². The molecule has 1 unspecified atom stereocenters. The topological polar surface area (TPSA) is 89.3 Å². The van der Waals surface area contributed by atoms with Crippen molar-refractivity contribution < 1.29 is 23.5 Å². The first-order chi connectivity index (χ1) is 15.1. The van der Waals surface area contributed by atoms with Crippen LogP contribution in [0.4, 0.5) is 5.88 Å². The fourth-order valence-corrected chi connectivity index (χ4v) is 4.70. The highest BCUT2D eigenvalue weighted by Gasteiger charge is 2.49. The minimum absolute atomic E-state index is 0.0998. The number of ether oxygens (including phenoxy) is 2. The molecule has 8 heteroatoms. The van der Waals surface area contributed by atoms with E-state index in [1.807, 2.05) is 15.9 Å². The SMILES string of the molecule is CCOC(=O)C1(c2cccc3c(=O)cc(N4CCOCC4)oc23)CCCCN1CC=O. The molecule has 2 aromatic rings. The van der Waals surface area contributed by atoms with E-state index in [0.29, 0.717) is 61.7 Å². The molecule has 1 aromatic heterocycles. The summed E-state index contributed by atoms with van der Waals surface area (Å²) in [6.07, 6.45) is 2.98. The fraction of sp³-hybridized carbons (Fsp3) is 0.522. The highest BCUT2D eigenvalue weighted by molar-refractivity contribution is 5.91. The Bertz CT molecular complexity index is 1010. The lowest BCUT2D eigenvalue weighted by Gasteiger charge is -2.44. The number of morpholine rings is 1. The third-order valence-electron chi connectivity index (χ3n) is 6.17. The van der Waals surface area contributed by atoms with E-state index in [0.717, 1.165) is 19.1 Å². The average Bonchev–Trinajstić information content (AvgIpc) is 2.80. The molecule has 166 valence electrons. The second-order valence-electron chi connectivity index (χ2n) is 7.88. The lowest BCUT2D eigenvalue weighted by molar-refractivity contribution is -0.162. The number of carbonyl (C=O) groups is 2. The smallest absolute Gasteiger partial charge is 0.331 e. The summed E-state index contributed by atoms with van der Waals surface area (Å²) in [5.74, 6) is 0.0495. The number of likely N-dealkylation sites (tertiary alicyclic amines) is 1. The van der Waals surface area contributed by atoms with E-state index >= 15 is 0 Å². The van der Waals surface area contributed by atoms with E-state index in [1.165, 1.54) is 6.07 Å². The maximum absolute atomic E-state index is 13.4. The Balaban J connectivity index is 1.93. The number of esters is 1. The second-order valence-corrected chi connectivity index (χ2v) is 7.88. The summed E-state index contributed by atoms with van der Waals surface area (Å²) in [4.78, 5) is 41.7. The van der Waals surface area contributed by atoms with Gasteiger partial charge in [0.05, 0.1) is 31.8 Å². The molecule has 0 spiro atoms. The van der Waals surface area contributed by atoms with Crippen LogP contribution >= 0.6 is 0 Å². The highest BCUT2D eigenvalue weighted by atomic mass is 16.5. The van der Waals surface area contributed by atoms with Crippen molar-refractivity contribution in [1.82, 2.24) is 4.90 Å². The normalized spacial score (nSPS) is 22.4. The van der Waals surface area contributed by atoms with Crippen LogP contribution in [-0.4, -0.2) is 63.2 Å². The predicted molar refractivity (Wildman–Crippen MR) is 115 cm³/mol. The highest BCUT2D eigenvalue weighted by Crippen LogP contribution is 2.42. The molecule has 31 heavy (non-hydrogen) atoms. The van der Waals surface area contributed by atoms with Gasteiger partial charge in [-0.25, -0.2) is 4.79 Å². The molecular weight excluding hydrogens is 400 g/mol. The molecule has 4 rings (SSSR count).